The molecule has 3 rings (SSSR count). The normalized spacial score (nSPS) is 24.0. The van der Waals surface area contributed by atoms with E-state index in [1.165, 1.54) is 57.2 Å². The number of hydrogen-bond donors (Lipinski definition) is 1. The Morgan fingerprint density at radius 1 is 1.24 bits per heavy atom. The Labute approximate surface area is 129 Å². The number of piperidine rings is 1. The highest BCUT2D eigenvalue weighted by Gasteiger charge is 2.28. The lowest BCUT2D eigenvalue weighted by Crippen LogP contribution is -2.37. The van der Waals surface area contributed by atoms with Crippen LogP contribution in [0.2, 0.25) is 0 Å². The molecular weight excluding hydrogens is 258 g/mol. The summed E-state index contributed by atoms with van der Waals surface area (Å²) in [5.41, 5.74) is 1.42. The van der Waals surface area contributed by atoms with Crippen LogP contribution in [0.4, 0.5) is 5.82 Å². The zero-order valence-corrected chi connectivity index (χ0v) is 13.5. The minimum Gasteiger partial charge on any atom is -0.367 e. The van der Waals surface area contributed by atoms with Crippen molar-refractivity contribution in [2.75, 3.05) is 18.4 Å². The van der Waals surface area contributed by atoms with Crippen LogP contribution in [0.15, 0.2) is 18.3 Å². The van der Waals surface area contributed by atoms with Crippen LogP contribution in [0.25, 0.3) is 0 Å². The molecule has 1 saturated heterocycles. The molecular formula is C18H29N3. The molecule has 21 heavy (non-hydrogen) atoms. The fourth-order valence-electron chi connectivity index (χ4n) is 3.58. The monoisotopic (exact) mass is 287 g/mol. The number of nitrogens with zero attached hydrogens (tertiary/aromatic N) is 2. The van der Waals surface area contributed by atoms with Crippen molar-refractivity contribution >= 4 is 5.82 Å². The second-order valence-electron chi connectivity index (χ2n) is 7.11. The Bertz CT molecular complexity index is 454. The minimum atomic E-state index is 0.553. The Kier molecular flexibility index (Phi) is 4.79. The van der Waals surface area contributed by atoms with E-state index in [1.54, 1.807) is 0 Å². The van der Waals surface area contributed by atoms with E-state index in [0.29, 0.717) is 12.1 Å². The van der Waals surface area contributed by atoms with Crippen molar-refractivity contribution < 1.29 is 0 Å². The summed E-state index contributed by atoms with van der Waals surface area (Å²) in [6.07, 6.45) is 9.86. The molecule has 0 amide bonds. The van der Waals surface area contributed by atoms with Gasteiger partial charge in [0.25, 0.3) is 0 Å². The summed E-state index contributed by atoms with van der Waals surface area (Å²) in [6.45, 7) is 7.08. The van der Waals surface area contributed by atoms with Crippen molar-refractivity contribution in [2.45, 2.75) is 64.5 Å². The van der Waals surface area contributed by atoms with Gasteiger partial charge in [0.15, 0.2) is 0 Å². The molecule has 1 N–H and O–H groups in total. The molecule has 3 heteroatoms. The van der Waals surface area contributed by atoms with Crippen LogP contribution in [0.5, 0.6) is 0 Å². The second-order valence-corrected chi connectivity index (χ2v) is 7.11. The molecule has 1 atom stereocenters. The summed E-state index contributed by atoms with van der Waals surface area (Å²) in [5.74, 6) is 1.87. The first-order chi connectivity index (χ1) is 10.2. The standard InChI is InChI=1S/C18H29N3/c1-14(2)13-21-12-4-3-10-17(21)16-9-6-11-19-18(16)20-15-7-5-8-15/h6,9,11,14-15,17H,3-5,7-8,10,12-13H2,1-2H3,(H,19,20). The van der Waals surface area contributed by atoms with Gasteiger partial charge in [-0.1, -0.05) is 26.3 Å². The van der Waals surface area contributed by atoms with E-state index in [1.807, 2.05) is 6.20 Å². The van der Waals surface area contributed by atoms with Gasteiger partial charge in [-0.15, -0.1) is 0 Å². The molecule has 1 aromatic heterocycles. The van der Waals surface area contributed by atoms with Crippen LogP contribution in [-0.2, 0) is 0 Å². The molecule has 1 saturated carbocycles. The van der Waals surface area contributed by atoms with Crippen LogP contribution in [0, 0.1) is 5.92 Å². The highest BCUT2D eigenvalue weighted by molar-refractivity contribution is 5.47. The maximum absolute atomic E-state index is 4.65. The van der Waals surface area contributed by atoms with E-state index in [-0.39, 0.29) is 0 Å². The van der Waals surface area contributed by atoms with Crippen molar-refractivity contribution in [3.8, 4) is 0 Å². The van der Waals surface area contributed by atoms with Crippen molar-refractivity contribution in [3.63, 3.8) is 0 Å². The lowest BCUT2D eigenvalue weighted by molar-refractivity contribution is 0.132. The summed E-state index contributed by atoms with van der Waals surface area (Å²) in [4.78, 5) is 7.33. The summed E-state index contributed by atoms with van der Waals surface area (Å²) in [6, 6.07) is 5.60. The topological polar surface area (TPSA) is 28.2 Å². The average Bonchev–Trinajstić information content (AvgIpc) is 2.43. The van der Waals surface area contributed by atoms with Crippen molar-refractivity contribution in [3.05, 3.63) is 23.9 Å². The van der Waals surface area contributed by atoms with E-state index in [2.05, 4.69) is 41.2 Å². The van der Waals surface area contributed by atoms with Crippen molar-refractivity contribution in [2.24, 2.45) is 5.92 Å². The van der Waals surface area contributed by atoms with Gasteiger partial charge < -0.3 is 5.32 Å². The van der Waals surface area contributed by atoms with Gasteiger partial charge in [-0.2, -0.15) is 0 Å². The Morgan fingerprint density at radius 3 is 2.81 bits per heavy atom. The van der Waals surface area contributed by atoms with Crippen LogP contribution in [0.3, 0.4) is 0 Å². The quantitative estimate of drug-likeness (QED) is 0.878. The number of hydrogen-bond acceptors (Lipinski definition) is 3. The van der Waals surface area contributed by atoms with E-state index in [4.69, 9.17) is 0 Å². The van der Waals surface area contributed by atoms with Gasteiger partial charge >= 0.3 is 0 Å². The highest BCUT2D eigenvalue weighted by Crippen LogP contribution is 2.35. The zero-order valence-electron chi connectivity index (χ0n) is 13.5. The Morgan fingerprint density at radius 2 is 2.10 bits per heavy atom. The van der Waals surface area contributed by atoms with E-state index < -0.39 is 0 Å². The maximum atomic E-state index is 4.65. The molecule has 2 aliphatic rings. The van der Waals surface area contributed by atoms with Crippen molar-refractivity contribution in [1.82, 2.24) is 9.88 Å². The van der Waals surface area contributed by atoms with Crippen LogP contribution in [0.1, 0.15) is 64.0 Å². The third-order valence-electron chi connectivity index (χ3n) is 4.86. The summed E-state index contributed by atoms with van der Waals surface area (Å²) in [7, 11) is 0. The fraction of sp³-hybridized carbons (Fsp3) is 0.722. The largest absolute Gasteiger partial charge is 0.367 e. The van der Waals surface area contributed by atoms with Crippen LogP contribution in [-0.4, -0.2) is 29.0 Å². The molecule has 1 aliphatic carbocycles. The first kappa shape index (κ1) is 14.8. The molecule has 0 radical (unpaired) electrons. The maximum Gasteiger partial charge on any atom is 0.130 e. The first-order valence-corrected chi connectivity index (χ1v) is 8.69. The molecule has 2 fully saturated rings. The van der Waals surface area contributed by atoms with E-state index in [0.717, 1.165) is 11.7 Å². The van der Waals surface area contributed by atoms with Gasteiger partial charge in [-0.3, -0.25) is 4.90 Å². The van der Waals surface area contributed by atoms with E-state index in [9.17, 15) is 0 Å². The van der Waals surface area contributed by atoms with Gasteiger partial charge in [0.05, 0.1) is 0 Å². The number of nitrogens with one attached hydrogen (secondary N) is 1. The average molecular weight is 287 g/mol. The van der Waals surface area contributed by atoms with Crippen LogP contribution >= 0.6 is 0 Å². The number of likely N-dealkylation sites (tertiary alicyclic amines) is 1. The minimum absolute atomic E-state index is 0.553. The number of pyridine rings is 1. The Balaban J connectivity index is 1.79. The van der Waals surface area contributed by atoms with Gasteiger partial charge in [0.2, 0.25) is 0 Å². The van der Waals surface area contributed by atoms with Crippen molar-refractivity contribution in [1.29, 1.82) is 0 Å². The summed E-state index contributed by atoms with van der Waals surface area (Å²) in [5, 5.41) is 3.68. The van der Waals surface area contributed by atoms with Gasteiger partial charge in [-0.25, -0.2) is 4.98 Å². The lowest BCUT2D eigenvalue weighted by atomic mass is 9.91. The fourth-order valence-corrected chi connectivity index (χ4v) is 3.58. The lowest BCUT2D eigenvalue weighted by Gasteiger charge is -2.38. The van der Waals surface area contributed by atoms with Crippen LogP contribution < -0.4 is 5.32 Å². The molecule has 3 nitrogen and oxygen atoms in total. The highest BCUT2D eigenvalue weighted by atomic mass is 15.2. The predicted octanol–water partition coefficient (Wildman–Crippen LogP) is 4.23. The second kappa shape index (κ2) is 6.78. The summed E-state index contributed by atoms with van der Waals surface area (Å²) >= 11 is 0. The molecule has 1 unspecified atom stereocenters. The number of aromatic nitrogens is 1. The smallest absolute Gasteiger partial charge is 0.130 e. The number of anilines is 1. The zero-order chi connectivity index (χ0) is 14.7. The molecule has 1 aromatic rings. The van der Waals surface area contributed by atoms with Gasteiger partial charge in [0, 0.05) is 30.4 Å². The Hall–Kier alpha value is -1.09. The van der Waals surface area contributed by atoms with Gasteiger partial charge in [-0.05, 0) is 50.6 Å². The molecule has 0 aromatic carbocycles. The molecule has 116 valence electrons. The third kappa shape index (κ3) is 3.57. The molecule has 0 spiro atoms. The van der Waals surface area contributed by atoms with Gasteiger partial charge in [0.1, 0.15) is 5.82 Å². The molecule has 1 aliphatic heterocycles. The molecule has 0 bridgehead atoms. The molecule has 2 heterocycles. The summed E-state index contributed by atoms with van der Waals surface area (Å²) < 4.78 is 0. The number of rotatable bonds is 5. The predicted molar refractivity (Wildman–Crippen MR) is 88.5 cm³/mol. The SMILES string of the molecule is CC(C)CN1CCCCC1c1cccnc1NC1CCC1. The first-order valence-electron chi connectivity index (χ1n) is 8.69. The third-order valence-corrected chi connectivity index (χ3v) is 4.86. The van der Waals surface area contributed by atoms with E-state index >= 15 is 0 Å².